The molecule has 0 atom stereocenters. The third-order valence-electron chi connectivity index (χ3n) is 2.96. The van der Waals surface area contributed by atoms with E-state index in [1.54, 1.807) is 25.1 Å². The molecule has 110 valence electrons. The predicted octanol–water partition coefficient (Wildman–Crippen LogP) is 3.04. The van der Waals surface area contributed by atoms with Gasteiger partial charge in [-0.05, 0) is 41.1 Å². The molecule has 0 aliphatic rings. The van der Waals surface area contributed by atoms with Crippen LogP contribution >= 0.6 is 15.9 Å². The summed E-state index contributed by atoms with van der Waals surface area (Å²) in [5, 5.41) is 11.7. The van der Waals surface area contributed by atoms with E-state index in [2.05, 4.69) is 26.2 Å². The van der Waals surface area contributed by atoms with E-state index in [0.717, 1.165) is 0 Å². The van der Waals surface area contributed by atoms with Gasteiger partial charge < -0.3 is 20.1 Å². The summed E-state index contributed by atoms with van der Waals surface area (Å²) in [6.45, 7) is 1.63. The van der Waals surface area contributed by atoms with Crippen LogP contribution < -0.4 is 10.1 Å². The Labute approximate surface area is 129 Å². The Morgan fingerprint density at radius 1 is 1.38 bits per heavy atom. The second-order valence-corrected chi connectivity index (χ2v) is 5.16. The highest BCUT2D eigenvalue weighted by atomic mass is 79.9. The van der Waals surface area contributed by atoms with Gasteiger partial charge in [0.2, 0.25) is 0 Å². The van der Waals surface area contributed by atoms with Crippen molar-refractivity contribution in [3.05, 3.63) is 45.7 Å². The zero-order valence-corrected chi connectivity index (χ0v) is 12.9. The third-order valence-corrected chi connectivity index (χ3v) is 3.65. The molecule has 2 aromatic rings. The molecule has 0 saturated heterocycles. The second-order valence-electron chi connectivity index (χ2n) is 4.31. The van der Waals surface area contributed by atoms with E-state index in [1.807, 2.05) is 0 Å². The summed E-state index contributed by atoms with van der Waals surface area (Å²) in [5.74, 6) is -0.997. The quantitative estimate of drug-likeness (QED) is 0.788. The van der Waals surface area contributed by atoms with Crippen molar-refractivity contribution in [3.63, 3.8) is 0 Å². The first kappa shape index (κ1) is 15.1. The number of aromatic carboxylic acids is 1. The van der Waals surface area contributed by atoms with Crippen LogP contribution in [0.5, 0.6) is 5.75 Å². The van der Waals surface area contributed by atoms with E-state index >= 15 is 0 Å². The lowest BCUT2D eigenvalue weighted by Crippen LogP contribution is -2.14. The summed E-state index contributed by atoms with van der Waals surface area (Å²) in [4.78, 5) is 26.3. The lowest BCUT2D eigenvalue weighted by Gasteiger charge is -2.08. The van der Waals surface area contributed by atoms with Crippen molar-refractivity contribution in [2.24, 2.45) is 0 Å². The summed E-state index contributed by atoms with van der Waals surface area (Å²) >= 11 is 3.29. The van der Waals surface area contributed by atoms with Gasteiger partial charge in [0, 0.05) is 16.4 Å². The summed E-state index contributed by atoms with van der Waals surface area (Å²) in [5.41, 5.74) is 1.09. The standard InChI is InChI=1S/C14H13BrN2O4/c1-7-12(14(19)20)11(6-16-7)17-13(18)9-5-8(21-2)3-4-10(9)15/h3-6,16H,1-2H3,(H,17,18)(H,19,20). The van der Waals surface area contributed by atoms with Gasteiger partial charge in [-0.15, -0.1) is 0 Å². The molecule has 0 saturated carbocycles. The van der Waals surface area contributed by atoms with Crippen molar-refractivity contribution in [3.8, 4) is 5.75 Å². The first-order valence-corrected chi connectivity index (χ1v) is 6.79. The molecule has 3 N–H and O–H groups in total. The Morgan fingerprint density at radius 2 is 2.10 bits per heavy atom. The van der Waals surface area contributed by atoms with Crippen molar-refractivity contribution in [1.82, 2.24) is 4.98 Å². The number of carboxylic acids is 1. The largest absolute Gasteiger partial charge is 0.497 e. The molecule has 1 aromatic heterocycles. The average Bonchev–Trinajstić information content (AvgIpc) is 2.80. The molecule has 7 heteroatoms. The summed E-state index contributed by atoms with van der Waals surface area (Å²) < 4.78 is 5.66. The molecule has 0 aliphatic heterocycles. The number of carbonyl (C=O) groups excluding carboxylic acids is 1. The van der Waals surface area contributed by atoms with Crippen LogP contribution in [0, 0.1) is 6.92 Å². The van der Waals surface area contributed by atoms with Gasteiger partial charge >= 0.3 is 5.97 Å². The van der Waals surface area contributed by atoms with Gasteiger partial charge in [0.1, 0.15) is 11.3 Å². The number of anilines is 1. The number of halogens is 1. The molecule has 0 fully saturated rings. The number of hydrogen-bond acceptors (Lipinski definition) is 3. The number of ether oxygens (including phenoxy) is 1. The van der Waals surface area contributed by atoms with E-state index in [-0.39, 0.29) is 11.3 Å². The van der Waals surface area contributed by atoms with Crippen LogP contribution in [-0.4, -0.2) is 29.1 Å². The van der Waals surface area contributed by atoms with Crippen LogP contribution in [0.15, 0.2) is 28.9 Å². The molecule has 1 amide bonds. The number of amides is 1. The highest BCUT2D eigenvalue weighted by Crippen LogP contribution is 2.25. The minimum Gasteiger partial charge on any atom is -0.497 e. The number of aromatic amines is 1. The average molecular weight is 353 g/mol. The fourth-order valence-electron chi connectivity index (χ4n) is 1.90. The van der Waals surface area contributed by atoms with Gasteiger partial charge in [0.15, 0.2) is 0 Å². The summed E-state index contributed by atoms with van der Waals surface area (Å²) in [7, 11) is 1.50. The number of aromatic nitrogens is 1. The Kier molecular flexibility index (Phi) is 4.32. The van der Waals surface area contributed by atoms with Gasteiger partial charge in [0.05, 0.1) is 18.4 Å². The molecule has 21 heavy (non-hydrogen) atoms. The summed E-state index contributed by atoms with van der Waals surface area (Å²) in [6, 6.07) is 4.97. The first-order chi connectivity index (χ1) is 9.93. The maximum Gasteiger partial charge on any atom is 0.339 e. The Balaban J connectivity index is 2.33. The highest BCUT2D eigenvalue weighted by Gasteiger charge is 2.19. The van der Waals surface area contributed by atoms with Gasteiger partial charge in [-0.2, -0.15) is 0 Å². The smallest absolute Gasteiger partial charge is 0.339 e. The topological polar surface area (TPSA) is 91.4 Å². The zero-order valence-electron chi connectivity index (χ0n) is 11.4. The Hall–Kier alpha value is -2.28. The molecule has 0 bridgehead atoms. The van der Waals surface area contributed by atoms with E-state index in [0.29, 0.717) is 21.5 Å². The predicted molar refractivity (Wildman–Crippen MR) is 81.1 cm³/mol. The van der Waals surface area contributed by atoms with Crippen LogP contribution in [0.3, 0.4) is 0 Å². The number of H-pyrrole nitrogens is 1. The number of benzene rings is 1. The molecule has 0 radical (unpaired) electrons. The van der Waals surface area contributed by atoms with Gasteiger partial charge in [-0.25, -0.2) is 4.79 Å². The number of aryl methyl sites for hydroxylation is 1. The normalized spacial score (nSPS) is 10.2. The number of hydrogen-bond donors (Lipinski definition) is 3. The lowest BCUT2D eigenvalue weighted by atomic mass is 10.2. The molecule has 1 heterocycles. The molecule has 1 aromatic carbocycles. The van der Waals surface area contributed by atoms with E-state index in [4.69, 9.17) is 9.84 Å². The Bertz CT molecular complexity index is 709. The monoisotopic (exact) mass is 352 g/mol. The van der Waals surface area contributed by atoms with E-state index in [1.165, 1.54) is 13.3 Å². The molecule has 6 nitrogen and oxygen atoms in total. The number of carbonyl (C=O) groups is 2. The lowest BCUT2D eigenvalue weighted by molar-refractivity contribution is 0.0697. The van der Waals surface area contributed by atoms with Crippen LogP contribution in [0.2, 0.25) is 0 Å². The molecule has 0 unspecified atom stereocenters. The molecule has 0 spiro atoms. The van der Waals surface area contributed by atoms with Crippen LogP contribution in [0.25, 0.3) is 0 Å². The fourth-order valence-corrected chi connectivity index (χ4v) is 2.32. The minimum atomic E-state index is -1.10. The van der Waals surface area contributed by atoms with Gasteiger partial charge in [-0.3, -0.25) is 4.79 Å². The Morgan fingerprint density at radius 3 is 2.71 bits per heavy atom. The SMILES string of the molecule is COc1ccc(Br)c(C(=O)Nc2c[nH]c(C)c2C(=O)O)c1. The molecular weight excluding hydrogens is 340 g/mol. The van der Waals surface area contributed by atoms with E-state index < -0.39 is 11.9 Å². The van der Waals surface area contributed by atoms with Crippen LogP contribution in [0.1, 0.15) is 26.4 Å². The van der Waals surface area contributed by atoms with E-state index in [9.17, 15) is 9.59 Å². The zero-order chi connectivity index (χ0) is 15.6. The van der Waals surface area contributed by atoms with Crippen molar-refractivity contribution in [2.45, 2.75) is 6.92 Å². The fraction of sp³-hybridized carbons (Fsp3) is 0.143. The van der Waals surface area contributed by atoms with Crippen LogP contribution in [-0.2, 0) is 0 Å². The van der Waals surface area contributed by atoms with Crippen molar-refractivity contribution < 1.29 is 19.4 Å². The number of nitrogens with one attached hydrogen (secondary N) is 2. The second kappa shape index (κ2) is 6.01. The van der Waals surface area contributed by atoms with Crippen LogP contribution in [0.4, 0.5) is 5.69 Å². The minimum absolute atomic E-state index is 0.0439. The highest BCUT2D eigenvalue weighted by molar-refractivity contribution is 9.10. The number of rotatable bonds is 4. The number of methoxy groups -OCH3 is 1. The van der Waals surface area contributed by atoms with Crippen molar-refractivity contribution >= 4 is 33.5 Å². The maximum atomic E-state index is 12.3. The number of carboxylic acid groups (broad SMARTS) is 1. The van der Waals surface area contributed by atoms with Crippen molar-refractivity contribution in [2.75, 3.05) is 12.4 Å². The van der Waals surface area contributed by atoms with Gasteiger partial charge in [-0.1, -0.05) is 0 Å². The third kappa shape index (κ3) is 3.08. The summed E-state index contributed by atoms with van der Waals surface area (Å²) in [6.07, 6.45) is 1.45. The maximum absolute atomic E-state index is 12.3. The van der Waals surface area contributed by atoms with Crippen molar-refractivity contribution in [1.29, 1.82) is 0 Å². The molecular formula is C14H13BrN2O4. The molecule has 2 rings (SSSR count). The molecule has 0 aliphatic carbocycles. The first-order valence-electron chi connectivity index (χ1n) is 6.00. The van der Waals surface area contributed by atoms with Gasteiger partial charge in [0.25, 0.3) is 5.91 Å².